The van der Waals surface area contributed by atoms with Gasteiger partial charge in [0.05, 0.1) is 7.11 Å². The molecule has 0 saturated carbocycles. The summed E-state index contributed by atoms with van der Waals surface area (Å²) in [4.78, 5) is 15.8. The molecule has 1 N–H and O–H groups in total. The molecule has 0 atom stereocenters. The summed E-state index contributed by atoms with van der Waals surface area (Å²) >= 11 is 6.12. The first-order chi connectivity index (χ1) is 9.13. The van der Waals surface area contributed by atoms with Crippen LogP contribution in [-0.4, -0.2) is 16.7 Å². The van der Waals surface area contributed by atoms with Crippen molar-refractivity contribution in [3.05, 3.63) is 51.5 Å². The lowest BCUT2D eigenvalue weighted by atomic mass is 10.2. The molecule has 0 spiro atoms. The van der Waals surface area contributed by atoms with Crippen molar-refractivity contribution in [2.45, 2.75) is 6.54 Å². The number of rotatable bonds is 4. The Morgan fingerprint density at radius 2 is 2.26 bits per heavy atom. The maximum Gasteiger partial charge on any atom is 0.293 e. The van der Waals surface area contributed by atoms with Gasteiger partial charge >= 0.3 is 0 Å². The fourth-order valence-electron chi connectivity index (χ4n) is 1.69. The standard InChI is InChI=1S/C13H14ClN3O2/c1-17-7-6-15-12(13(17)18)16-8-9-10(14)4-3-5-11(9)19-2/h3-7H,8H2,1-2H3,(H,15,16). The van der Waals surface area contributed by atoms with Crippen molar-refractivity contribution in [1.82, 2.24) is 9.55 Å². The summed E-state index contributed by atoms with van der Waals surface area (Å²) in [6, 6.07) is 5.40. The molecule has 0 aliphatic rings. The largest absolute Gasteiger partial charge is 0.496 e. The molecule has 1 aromatic heterocycles. The van der Waals surface area contributed by atoms with Crippen molar-refractivity contribution in [2.24, 2.45) is 7.05 Å². The van der Waals surface area contributed by atoms with Crippen LogP contribution >= 0.6 is 11.6 Å². The summed E-state index contributed by atoms with van der Waals surface area (Å²) in [5.74, 6) is 0.958. The fourth-order valence-corrected chi connectivity index (χ4v) is 1.93. The molecule has 6 heteroatoms. The van der Waals surface area contributed by atoms with Gasteiger partial charge in [0, 0.05) is 36.6 Å². The minimum Gasteiger partial charge on any atom is -0.496 e. The van der Waals surface area contributed by atoms with E-state index in [1.807, 2.05) is 12.1 Å². The minimum atomic E-state index is -0.187. The maximum atomic E-state index is 11.8. The van der Waals surface area contributed by atoms with Crippen LogP contribution in [0.4, 0.5) is 5.82 Å². The lowest BCUT2D eigenvalue weighted by Gasteiger charge is -2.11. The van der Waals surface area contributed by atoms with Crippen molar-refractivity contribution in [1.29, 1.82) is 0 Å². The zero-order valence-corrected chi connectivity index (χ0v) is 11.4. The van der Waals surface area contributed by atoms with Gasteiger partial charge in [-0.25, -0.2) is 4.98 Å². The number of nitrogens with zero attached hydrogens (tertiary/aromatic N) is 2. The highest BCUT2D eigenvalue weighted by Gasteiger charge is 2.09. The molecule has 0 bridgehead atoms. The zero-order chi connectivity index (χ0) is 13.8. The van der Waals surface area contributed by atoms with Gasteiger partial charge in [-0.1, -0.05) is 17.7 Å². The summed E-state index contributed by atoms with van der Waals surface area (Å²) in [5.41, 5.74) is 0.605. The topological polar surface area (TPSA) is 56.1 Å². The van der Waals surface area contributed by atoms with E-state index in [0.29, 0.717) is 17.3 Å². The normalized spacial score (nSPS) is 10.3. The van der Waals surface area contributed by atoms with Gasteiger partial charge in [-0.05, 0) is 12.1 Å². The molecule has 100 valence electrons. The molecule has 0 unspecified atom stereocenters. The fraction of sp³-hybridized carbons (Fsp3) is 0.231. The average molecular weight is 280 g/mol. The Morgan fingerprint density at radius 3 is 3.00 bits per heavy atom. The van der Waals surface area contributed by atoms with Crippen LogP contribution in [0, 0.1) is 0 Å². The summed E-state index contributed by atoms with van der Waals surface area (Å²) in [6.45, 7) is 0.370. The average Bonchev–Trinajstić information content (AvgIpc) is 2.41. The second-order valence-corrected chi connectivity index (χ2v) is 4.37. The number of aryl methyl sites for hydroxylation is 1. The molecule has 0 aliphatic carbocycles. The van der Waals surface area contributed by atoms with E-state index in [4.69, 9.17) is 16.3 Å². The number of methoxy groups -OCH3 is 1. The molecule has 0 fully saturated rings. The number of nitrogens with one attached hydrogen (secondary N) is 1. The Bertz CT molecular complexity index is 640. The van der Waals surface area contributed by atoms with E-state index in [-0.39, 0.29) is 11.4 Å². The Labute approximate surface area is 115 Å². The van der Waals surface area contributed by atoms with Crippen molar-refractivity contribution in [3.63, 3.8) is 0 Å². The molecule has 2 rings (SSSR count). The summed E-state index contributed by atoms with van der Waals surface area (Å²) < 4.78 is 6.70. The van der Waals surface area contributed by atoms with E-state index in [1.54, 1.807) is 32.6 Å². The number of ether oxygens (including phenoxy) is 1. The molecule has 1 aromatic carbocycles. The van der Waals surface area contributed by atoms with Gasteiger partial charge in [0.1, 0.15) is 5.75 Å². The maximum absolute atomic E-state index is 11.8. The zero-order valence-electron chi connectivity index (χ0n) is 10.7. The van der Waals surface area contributed by atoms with Gasteiger partial charge in [-0.3, -0.25) is 4.79 Å². The number of halogens is 1. The van der Waals surface area contributed by atoms with E-state index in [0.717, 1.165) is 5.56 Å². The molecule has 0 aliphatic heterocycles. The number of benzene rings is 1. The van der Waals surface area contributed by atoms with E-state index >= 15 is 0 Å². The van der Waals surface area contributed by atoms with Crippen LogP contribution in [0.25, 0.3) is 0 Å². The van der Waals surface area contributed by atoms with Crippen LogP contribution in [0.5, 0.6) is 5.75 Å². The van der Waals surface area contributed by atoms with Crippen LogP contribution in [0.3, 0.4) is 0 Å². The minimum absolute atomic E-state index is 0.187. The van der Waals surface area contributed by atoms with Crippen LogP contribution in [0.2, 0.25) is 5.02 Å². The molecule has 0 radical (unpaired) electrons. The first-order valence-electron chi connectivity index (χ1n) is 5.70. The second kappa shape index (κ2) is 5.75. The summed E-state index contributed by atoms with van der Waals surface area (Å²) in [6.07, 6.45) is 3.16. The van der Waals surface area contributed by atoms with Crippen LogP contribution in [0.15, 0.2) is 35.4 Å². The molecular weight excluding hydrogens is 266 g/mol. The monoisotopic (exact) mass is 279 g/mol. The second-order valence-electron chi connectivity index (χ2n) is 3.97. The van der Waals surface area contributed by atoms with Crippen molar-refractivity contribution < 1.29 is 4.74 Å². The van der Waals surface area contributed by atoms with Gasteiger partial charge in [0.15, 0.2) is 5.82 Å². The van der Waals surface area contributed by atoms with Crippen molar-refractivity contribution >= 4 is 17.4 Å². The van der Waals surface area contributed by atoms with Gasteiger partial charge in [0.2, 0.25) is 0 Å². The number of hydrogen-bond donors (Lipinski definition) is 1. The molecular formula is C13H14ClN3O2. The van der Waals surface area contributed by atoms with E-state index in [1.165, 1.54) is 4.57 Å². The quantitative estimate of drug-likeness (QED) is 0.931. The number of hydrogen-bond acceptors (Lipinski definition) is 4. The third-order valence-electron chi connectivity index (χ3n) is 2.75. The summed E-state index contributed by atoms with van der Waals surface area (Å²) in [7, 11) is 3.25. The molecule has 0 amide bonds. The Balaban J connectivity index is 2.24. The Hall–Kier alpha value is -2.01. The number of aromatic nitrogens is 2. The molecule has 0 saturated heterocycles. The van der Waals surface area contributed by atoms with Gasteiger partial charge in [-0.15, -0.1) is 0 Å². The molecule has 19 heavy (non-hydrogen) atoms. The van der Waals surface area contributed by atoms with Crippen molar-refractivity contribution in [2.75, 3.05) is 12.4 Å². The lowest BCUT2D eigenvalue weighted by Crippen LogP contribution is -2.21. The molecule has 2 aromatic rings. The van der Waals surface area contributed by atoms with Gasteiger partial charge in [-0.2, -0.15) is 0 Å². The predicted octanol–water partition coefficient (Wildman–Crippen LogP) is 2.05. The Morgan fingerprint density at radius 1 is 1.47 bits per heavy atom. The van der Waals surface area contributed by atoms with Crippen molar-refractivity contribution in [3.8, 4) is 5.75 Å². The third-order valence-corrected chi connectivity index (χ3v) is 3.10. The highest BCUT2D eigenvalue weighted by Crippen LogP contribution is 2.26. The van der Waals surface area contributed by atoms with Gasteiger partial charge < -0.3 is 14.6 Å². The van der Waals surface area contributed by atoms with Gasteiger partial charge in [0.25, 0.3) is 5.56 Å². The first-order valence-corrected chi connectivity index (χ1v) is 6.08. The molecule has 5 nitrogen and oxygen atoms in total. The van der Waals surface area contributed by atoms with E-state index in [2.05, 4.69) is 10.3 Å². The third kappa shape index (κ3) is 2.88. The first kappa shape index (κ1) is 13.4. The summed E-state index contributed by atoms with van der Waals surface area (Å²) in [5, 5.41) is 3.56. The molecule has 1 heterocycles. The van der Waals surface area contributed by atoms with E-state index < -0.39 is 0 Å². The Kier molecular flexibility index (Phi) is 4.06. The highest BCUT2D eigenvalue weighted by molar-refractivity contribution is 6.31. The van der Waals surface area contributed by atoms with Crippen LogP contribution < -0.4 is 15.6 Å². The predicted molar refractivity (Wildman–Crippen MR) is 74.8 cm³/mol. The van der Waals surface area contributed by atoms with Crippen LogP contribution in [-0.2, 0) is 13.6 Å². The lowest BCUT2D eigenvalue weighted by molar-refractivity contribution is 0.410. The number of anilines is 1. The SMILES string of the molecule is COc1cccc(Cl)c1CNc1nccn(C)c1=O. The van der Waals surface area contributed by atoms with E-state index in [9.17, 15) is 4.79 Å². The highest BCUT2D eigenvalue weighted by atomic mass is 35.5. The smallest absolute Gasteiger partial charge is 0.293 e. The van der Waals surface area contributed by atoms with Crippen LogP contribution in [0.1, 0.15) is 5.56 Å².